The molecule has 18 heavy (non-hydrogen) atoms. The van der Waals surface area contributed by atoms with Crippen molar-refractivity contribution in [1.29, 1.82) is 0 Å². The van der Waals surface area contributed by atoms with Crippen LogP contribution in [0.3, 0.4) is 0 Å². The molecule has 2 aliphatic rings. The first-order chi connectivity index (χ1) is 8.75. The van der Waals surface area contributed by atoms with E-state index >= 15 is 0 Å². The lowest BCUT2D eigenvalue weighted by molar-refractivity contribution is 0.282. The largest absolute Gasteiger partial charge is 0.361 e. The van der Waals surface area contributed by atoms with Crippen LogP contribution in [0.4, 0.5) is 0 Å². The minimum absolute atomic E-state index is 0.577. The van der Waals surface area contributed by atoms with Gasteiger partial charge < -0.3 is 4.98 Å². The molecular formula is C16H18N2. The lowest BCUT2D eigenvalue weighted by atomic mass is 9.81. The van der Waals surface area contributed by atoms with Crippen LogP contribution in [-0.4, -0.2) is 29.5 Å². The smallest absolute Gasteiger partial charge is 0.0492 e. The average Bonchev–Trinajstić information content (AvgIpc) is 2.79. The molecular weight excluding hydrogens is 220 g/mol. The number of aromatic amines is 1. The predicted octanol–water partition coefficient (Wildman–Crippen LogP) is 3.12. The summed E-state index contributed by atoms with van der Waals surface area (Å²) in [5.41, 5.74) is 7.16. The average molecular weight is 238 g/mol. The number of H-pyrrole nitrogens is 1. The van der Waals surface area contributed by atoms with E-state index in [-0.39, 0.29) is 0 Å². The van der Waals surface area contributed by atoms with Crippen molar-refractivity contribution in [2.24, 2.45) is 0 Å². The highest BCUT2D eigenvalue weighted by atomic mass is 15.1. The quantitative estimate of drug-likeness (QED) is 0.747. The number of benzene rings is 1. The molecule has 1 aliphatic heterocycles. The molecule has 1 aromatic carbocycles. The van der Waals surface area contributed by atoms with Gasteiger partial charge >= 0.3 is 0 Å². The number of rotatable bonds is 0. The Morgan fingerprint density at radius 2 is 2.22 bits per heavy atom. The Kier molecular flexibility index (Phi) is 2.01. The number of fused-ring (bicyclic) bond motifs is 2. The number of aryl methyl sites for hydroxylation is 1. The van der Waals surface area contributed by atoms with Crippen LogP contribution in [-0.2, 0) is 6.42 Å². The molecule has 0 fully saturated rings. The summed E-state index contributed by atoms with van der Waals surface area (Å²) in [4.78, 5) is 5.96. The number of nitrogens with one attached hydrogen (secondary N) is 1. The van der Waals surface area contributed by atoms with Gasteiger partial charge in [-0.05, 0) is 49.1 Å². The molecule has 1 atom stereocenters. The molecule has 1 aromatic heterocycles. The number of hydrogen-bond acceptors (Lipinski definition) is 1. The van der Waals surface area contributed by atoms with Gasteiger partial charge in [0.2, 0.25) is 0 Å². The van der Waals surface area contributed by atoms with Crippen molar-refractivity contribution in [3.05, 3.63) is 41.1 Å². The van der Waals surface area contributed by atoms with Crippen molar-refractivity contribution in [1.82, 2.24) is 9.88 Å². The topological polar surface area (TPSA) is 19.0 Å². The maximum atomic E-state index is 3.47. The molecule has 0 unspecified atom stereocenters. The number of aromatic nitrogens is 1. The highest BCUT2D eigenvalue weighted by molar-refractivity contribution is 5.99. The third-order valence-electron chi connectivity index (χ3n) is 4.59. The van der Waals surface area contributed by atoms with E-state index in [0.717, 1.165) is 6.42 Å². The SMILES string of the molecule is Cc1ccc2c3c(c[nH]c13)C[C@@H]1C2=CCCN1C. The number of hydrogen-bond donors (Lipinski definition) is 1. The molecule has 0 spiro atoms. The molecule has 1 N–H and O–H groups in total. The molecule has 2 aromatic rings. The van der Waals surface area contributed by atoms with Gasteiger partial charge in [-0.3, -0.25) is 4.90 Å². The molecule has 2 nitrogen and oxygen atoms in total. The predicted molar refractivity (Wildman–Crippen MR) is 75.8 cm³/mol. The van der Waals surface area contributed by atoms with Gasteiger partial charge in [-0.15, -0.1) is 0 Å². The van der Waals surface area contributed by atoms with Gasteiger partial charge in [0.05, 0.1) is 0 Å². The van der Waals surface area contributed by atoms with Crippen molar-refractivity contribution >= 4 is 16.5 Å². The van der Waals surface area contributed by atoms with Crippen LogP contribution in [0.5, 0.6) is 0 Å². The van der Waals surface area contributed by atoms with E-state index in [9.17, 15) is 0 Å². The first-order valence-electron chi connectivity index (χ1n) is 6.76. The highest BCUT2D eigenvalue weighted by Crippen LogP contribution is 2.40. The molecule has 0 saturated heterocycles. The fraction of sp³-hybridized carbons (Fsp3) is 0.375. The van der Waals surface area contributed by atoms with E-state index in [4.69, 9.17) is 0 Å². The van der Waals surface area contributed by atoms with Gasteiger partial charge in [0.25, 0.3) is 0 Å². The number of likely N-dealkylation sites (N-methyl/N-ethyl adjacent to an activating group) is 1. The van der Waals surface area contributed by atoms with Gasteiger partial charge in [-0.25, -0.2) is 0 Å². The van der Waals surface area contributed by atoms with Gasteiger partial charge in [-0.1, -0.05) is 18.2 Å². The van der Waals surface area contributed by atoms with E-state index in [1.54, 1.807) is 5.57 Å². The highest BCUT2D eigenvalue weighted by Gasteiger charge is 2.30. The Hall–Kier alpha value is -1.54. The van der Waals surface area contributed by atoms with Crippen LogP contribution in [0, 0.1) is 6.92 Å². The van der Waals surface area contributed by atoms with E-state index in [1.807, 2.05) is 0 Å². The monoisotopic (exact) mass is 238 g/mol. The second-order valence-corrected chi connectivity index (χ2v) is 5.64. The normalized spacial score (nSPS) is 23.0. The second-order valence-electron chi connectivity index (χ2n) is 5.64. The zero-order valence-electron chi connectivity index (χ0n) is 11.0. The molecule has 1 aliphatic carbocycles. The van der Waals surface area contributed by atoms with E-state index in [2.05, 4.69) is 48.3 Å². The summed E-state index contributed by atoms with van der Waals surface area (Å²) >= 11 is 0. The lowest BCUT2D eigenvalue weighted by Crippen LogP contribution is -2.39. The maximum absolute atomic E-state index is 3.47. The summed E-state index contributed by atoms with van der Waals surface area (Å²) in [7, 11) is 2.25. The zero-order valence-corrected chi connectivity index (χ0v) is 11.0. The third-order valence-corrected chi connectivity index (χ3v) is 4.59. The fourth-order valence-electron chi connectivity index (χ4n) is 3.58. The first-order valence-corrected chi connectivity index (χ1v) is 6.76. The van der Waals surface area contributed by atoms with Gasteiger partial charge in [0, 0.05) is 29.7 Å². The Labute approximate surface area is 107 Å². The molecule has 0 saturated carbocycles. The standard InChI is InChI=1S/C16H18N2/c1-10-5-6-13-12-4-3-7-18(2)14(12)8-11-9-17-16(10)15(11)13/h4-6,9,14,17H,3,7-8H2,1-2H3/t14-/m1/s1. The summed E-state index contributed by atoms with van der Waals surface area (Å²) in [6, 6.07) is 5.13. The lowest BCUT2D eigenvalue weighted by Gasteiger charge is -2.37. The molecule has 92 valence electrons. The molecule has 0 radical (unpaired) electrons. The fourth-order valence-corrected chi connectivity index (χ4v) is 3.58. The Bertz CT molecular complexity index is 663. The molecule has 4 rings (SSSR count). The van der Waals surface area contributed by atoms with Crippen molar-refractivity contribution < 1.29 is 0 Å². The van der Waals surface area contributed by atoms with Crippen LogP contribution >= 0.6 is 0 Å². The Balaban J connectivity index is 2.04. The Morgan fingerprint density at radius 1 is 1.33 bits per heavy atom. The van der Waals surface area contributed by atoms with Crippen LogP contribution in [0.25, 0.3) is 16.5 Å². The first kappa shape index (κ1) is 10.4. The third kappa shape index (κ3) is 1.21. The van der Waals surface area contributed by atoms with E-state index in [0.29, 0.717) is 6.04 Å². The van der Waals surface area contributed by atoms with Crippen molar-refractivity contribution in [2.75, 3.05) is 13.6 Å². The Morgan fingerprint density at radius 3 is 3.11 bits per heavy atom. The summed E-state index contributed by atoms with van der Waals surface area (Å²) in [6.45, 7) is 3.37. The summed E-state index contributed by atoms with van der Waals surface area (Å²) in [5.74, 6) is 0. The van der Waals surface area contributed by atoms with Crippen LogP contribution in [0.1, 0.15) is 23.1 Å². The van der Waals surface area contributed by atoms with Crippen LogP contribution in [0.15, 0.2) is 24.4 Å². The minimum atomic E-state index is 0.577. The zero-order chi connectivity index (χ0) is 12.3. The van der Waals surface area contributed by atoms with Crippen LogP contribution < -0.4 is 0 Å². The van der Waals surface area contributed by atoms with Gasteiger partial charge in [-0.2, -0.15) is 0 Å². The molecule has 0 amide bonds. The van der Waals surface area contributed by atoms with Crippen molar-refractivity contribution in [3.8, 4) is 0 Å². The summed E-state index contributed by atoms with van der Waals surface area (Å²) in [5, 5.41) is 1.47. The second kappa shape index (κ2) is 3.48. The van der Waals surface area contributed by atoms with Gasteiger partial charge in [0.1, 0.15) is 0 Å². The van der Waals surface area contributed by atoms with Crippen molar-refractivity contribution in [2.45, 2.75) is 25.8 Å². The van der Waals surface area contributed by atoms with E-state index < -0.39 is 0 Å². The maximum Gasteiger partial charge on any atom is 0.0492 e. The number of nitrogens with zero attached hydrogens (tertiary/aromatic N) is 1. The summed E-state index contributed by atoms with van der Waals surface area (Å²) < 4.78 is 0. The van der Waals surface area contributed by atoms with Crippen LogP contribution in [0.2, 0.25) is 0 Å². The molecule has 0 bridgehead atoms. The molecule has 2 heterocycles. The van der Waals surface area contributed by atoms with Gasteiger partial charge in [0.15, 0.2) is 0 Å². The van der Waals surface area contributed by atoms with Crippen molar-refractivity contribution in [3.63, 3.8) is 0 Å². The summed E-state index contributed by atoms with van der Waals surface area (Å²) in [6.07, 6.45) is 6.99. The molecule has 2 heteroatoms. The minimum Gasteiger partial charge on any atom is -0.361 e. The van der Waals surface area contributed by atoms with E-state index in [1.165, 1.54) is 40.6 Å².